The highest BCUT2D eigenvalue weighted by molar-refractivity contribution is 5.90. The van der Waals surface area contributed by atoms with Crippen LogP contribution in [0.5, 0.6) is 0 Å². The molecule has 12 heavy (non-hydrogen) atoms. The van der Waals surface area contributed by atoms with Crippen molar-refractivity contribution in [1.82, 2.24) is 0 Å². The van der Waals surface area contributed by atoms with Crippen LogP contribution in [0.4, 0.5) is 0 Å². The van der Waals surface area contributed by atoms with E-state index >= 15 is 0 Å². The molecule has 0 radical (unpaired) electrons. The first-order valence-electron chi connectivity index (χ1n) is 5.41. The van der Waals surface area contributed by atoms with Crippen LogP contribution in [-0.4, -0.2) is 5.78 Å². The number of hydrogen-bond acceptors (Lipinski definition) is 1. The second-order valence-electron chi connectivity index (χ2n) is 5.73. The van der Waals surface area contributed by atoms with Gasteiger partial charge in [-0.05, 0) is 48.3 Å². The first kappa shape index (κ1) is 5.41. The third-order valence-electron chi connectivity index (χ3n) is 6.03. The molecule has 0 aliphatic heterocycles. The fourth-order valence-corrected chi connectivity index (χ4v) is 6.11. The highest BCUT2D eigenvalue weighted by Gasteiger charge is 2.80. The summed E-state index contributed by atoms with van der Waals surface area (Å²) < 4.78 is 0. The van der Waals surface area contributed by atoms with Crippen molar-refractivity contribution in [2.45, 2.75) is 12.8 Å². The van der Waals surface area contributed by atoms with Gasteiger partial charge in [0.2, 0.25) is 0 Å². The molecule has 1 heteroatoms. The zero-order chi connectivity index (χ0) is 7.61. The molecule has 0 saturated heterocycles. The topological polar surface area (TPSA) is 17.1 Å². The van der Waals surface area contributed by atoms with Crippen LogP contribution in [0.25, 0.3) is 0 Å². The number of hydrogen-bond donors (Lipinski definition) is 0. The number of rotatable bonds is 0. The van der Waals surface area contributed by atoms with Gasteiger partial charge in [0, 0.05) is 11.8 Å². The van der Waals surface area contributed by atoms with Gasteiger partial charge in [0.1, 0.15) is 5.78 Å². The summed E-state index contributed by atoms with van der Waals surface area (Å²) in [4.78, 5) is 11.9. The standard InChI is InChI=1S/C11H12O/c12-11-6-2-3-4-1-5-7(3)9(6)8(5)10(4)11/h3-10H,1-2H2. The summed E-state index contributed by atoms with van der Waals surface area (Å²) >= 11 is 0. The third kappa shape index (κ3) is 0.272. The molecule has 0 aromatic rings. The van der Waals surface area contributed by atoms with Crippen molar-refractivity contribution in [1.29, 1.82) is 0 Å². The molecular weight excluding hydrogens is 148 g/mol. The average Bonchev–Trinajstić information content (AvgIpc) is 2.57. The molecule has 5 saturated carbocycles. The SMILES string of the molecule is O=C1C2CC3C4CC5C3C2C5C14. The van der Waals surface area contributed by atoms with Crippen molar-refractivity contribution >= 4 is 5.78 Å². The van der Waals surface area contributed by atoms with E-state index in [1.54, 1.807) is 0 Å². The Morgan fingerprint density at radius 2 is 1.83 bits per heavy atom. The van der Waals surface area contributed by atoms with E-state index in [1.165, 1.54) is 12.8 Å². The molecule has 2 bridgehead atoms. The summed E-state index contributed by atoms with van der Waals surface area (Å²) in [5.74, 6) is 7.68. The Bertz CT molecular complexity index is 317. The monoisotopic (exact) mass is 160 g/mol. The van der Waals surface area contributed by atoms with Crippen LogP contribution in [0.15, 0.2) is 0 Å². The molecule has 0 aromatic heterocycles. The van der Waals surface area contributed by atoms with E-state index in [2.05, 4.69) is 0 Å². The first-order chi connectivity index (χ1) is 5.88. The fourth-order valence-electron chi connectivity index (χ4n) is 6.11. The maximum absolute atomic E-state index is 11.9. The van der Waals surface area contributed by atoms with Gasteiger partial charge in [0.15, 0.2) is 0 Å². The Morgan fingerprint density at radius 1 is 0.917 bits per heavy atom. The number of carbonyl (C=O) groups is 1. The lowest BCUT2D eigenvalue weighted by Crippen LogP contribution is -2.46. The fraction of sp³-hybridized carbons (Fsp3) is 0.909. The highest BCUT2D eigenvalue weighted by atomic mass is 16.1. The Hall–Kier alpha value is -0.330. The minimum Gasteiger partial charge on any atom is -0.299 e. The van der Waals surface area contributed by atoms with Crippen molar-refractivity contribution in [3.05, 3.63) is 0 Å². The van der Waals surface area contributed by atoms with Gasteiger partial charge in [-0.25, -0.2) is 0 Å². The van der Waals surface area contributed by atoms with E-state index in [-0.39, 0.29) is 0 Å². The largest absolute Gasteiger partial charge is 0.299 e. The number of fused-ring (bicyclic) bond motifs is 3. The number of ketones is 1. The van der Waals surface area contributed by atoms with E-state index in [9.17, 15) is 4.79 Å². The molecule has 0 spiro atoms. The second kappa shape index (κ2) is 1.21. The minimum atomic E-state index is 0.572. The molecule has 0 aromatic carbocycles. The third-order valence-corrected chi connectivity index (χ3v) is 6.03. The van der Waals surface area contributed by atoms with Crippen LogP contribution in [0, 0.1) is 47.3 Å². The van der Waals surface area contributed by atoms with Crippen molar-refractivity contribution < 1.29 is 4.79 Å². The molecule has 0 N–H and O–H groups in total. The average molecular weight is 160 g/mol. The van der Waals surface area contributed by atoms with E-state index in [0.29, 0.717) is 17.6 Å². The Morgan fingerprint density at radius 3 is 2.75 bits per heavy atom. The Kier molecular flexibility index (Phi) is 0.547. The zero-order valence-corrected chi connectivity index (χ0v) is 6.94. The van der Waals surface area contributed by atoms with Crippen molar-refractivity contribution in [2.75, 3.05) is 0 Å². The maximum atomic E-state index is 11.9. The van der Waals surface area contributed by atoms with Crippen LogP contribution in [0.2, 0.25) is 0 Å². The summed E-state index contributed by atoms with van der Waals surface area (Å²) in [6.07, 6.45) is 2.75. The molecule has 1 nitrogen and oxygen atoms in total. The lowest BCUT2D eigenvalue weighted by atomic mass is 9.55. The van der Waals surface area contributed by atoms with Gasteiger partial charge in [-0.2, -0.15) is 0 Å². The van der Waals surface area contributed by atoms with Crippen LogP contribution in [0.1, 0.15) is 12.8 Å². The molecular formula is C11H12O. The molecule has 0 heterocycles. The van der Waals surface area contributed by atoms with Gasteiger partial charge in [-0.15, -0.1) is 0 Å². The Labute approximate surface area is 71.5 Å². The van der Waals surface area contributed by atoms with Crippen LogP contribution in [-0.2, 0) is 4.79 Å². The predicted octanol–water partition coefficient (Wildman–Crippen LogP) is 1.33. The van der Waals surface area contributed by atoms with Crippen LogP contribution in [0.3, 0.4) is 0 Å². The van der Waals surface area contributed by atoms with E-state index in [4.69, 9.17) is 0 Å². The highest BCUT2D eigenvalue weighted by Crippen LogP contribution is 2.82. The molecule has 62 valence electrons. The minimum absolute atomic E-state index is 0.572. The molecule has 0 amide bonds. The lowest BCUT2D eigenvalue weighted by Gasteiger charge is -2.48. The van der Waals surface area contributed by atoms with E-state index in [0.717, 1.165) is 35.5 Å². The van der Waals surface area contributed by atoms with E-state index < -0.39 is 0 Å². The second-order valence-corrected chi connectivity index (χ2v) is 5.73. The number of carbonyl (C=O) groups excluding carboxylic acids is 1. The van der Waals surface area contributed by atoms with Gasteiger partial charge in [0.25, 0.3) is 0 Å². The quantitative estimate of drug-likeness (QED) is 0.522. The molecule has 8 atom stereocenters. The van der Waals surface area contributed by atoms with Gasteiger partial charge in [-0.1, -0.05) is 0 Å². The molecule has 5 aliphatic rings. The van der Waals surface area contributed by atoms with Crippen molar-refractivity contribution in [3.63, 3.8) is 0 Å². The van der Waals surface area contributed by atoms with Gasteiger partial charge in [0.05, 0.1) is 0 Å². The molecule has 8 unspecified atom stereocenters. The first-order valence-corrected chi connectivity index (χ1v) is 5.41. The van der Waals surface area contributed by atoms with Gasteiger partial charge >= 0.3 is 0 Å². The van der Waals surface area contributed by atoms with E-state index in [1.807, 2.05) is 0 Å². The summed E-state index contributed by atoms with van der Waals surface area (Å²) in [7, 11) is 0. The van der Waals surface area contributed by atoms with Crippen molar-refractivity contribution in [3.8, 4) is 0 Å². The zero-order valence-electron chi connectivity index (χ0n) is 6.94. The summed E-state index contributed by atoms with van der Waals surface area (Å²) in [5, 5.41) is 0. The van der Waals surface area contributed by atoms with Crippen LogP contribution >= 0.6 is 0 Å². The summed E-state index contributed by atoms with van der Waals surface area (Å²) in [6, 6.07) is 0. The lowest BCUT2D eigenvalue weighted by molar-refractivity contribution is -0.129. The normalized spacial score (nSPS) is 79.2. The van der Waals surface area contributed by atoms with Crippen LogP contribution < -0.4 is 0 Å². The summed E-state index contributed by atoms with van der Waals surface area (Å²) in [6.45, 7) is 0. The van der Waals surface area contributed by atoms with Gasteiger partial charge < -0.3 is 0 Å². The van der Waals surface area contributed by atoms with Gasteiger partial charge in [-0.3, -0.25) is 4.79 Å². The van der Waals surface area contributed by atoms with Crippen molar-refractivity contribution in [2.24, 2.45) is 47.3 Å². The predicted molar refractivity (Wildman–Crippen MR) is 42.2 cm³/mol. The molecule has 5 fully saturated rings. The molecule has 5 rings (SSSR count). The maximum Gasteiger partial charge on any atom is 0.139 e. The summed E-state index contributed by atoms with van der Waals surface area (Å²) in [5.41, 5.74) is 0. The Balaban J connectivity index is 1.89. The molecule has 5 aliphatic carbocycles. The smallest absolute Gasteiger partial charge is 0.139 e. The number of Topliss-reactive ketones (excluding diaryl/α,β-unsaturated/α-hetero) is 1.